The zero-order valence-corrected chi connectivity index (χ0v) is 12.0. The number of benzene rings is 1. The van der Waals surface area contributed by atoms with Crippen molar-refractivity contribution in [3.63, 3.8) is 0 Å². The molecule has 3 nitrogen and oxygen atoms in total. The number of halogens is 3. The van der Waals surface area contributed by atoms with Gasteiger partial charge in [0.1, 0.15) is 0 Å². The summed E-state index contributed by atoms with van der Waals surface area (Å²) in [5.74, 6) is 0. The number of nitrogens with one attached hydrogen (secondary N) is 1. The highest BCUT2D eigenvalue weighted by atomic mass is 19.4. The summed E-state index contributed by atoms with van der Waals surface area (Å²) in [5, 5.41) is 7.23. The first-order chi connectivity index (χ1) is 9.89. The third-order valence-corrected chi connectivity index (χ3v) is 3.21. The lowest BCUT2D eigenvalue weighted by atomic mass is 10.0. The molecular formula is C15H18F3N3. The number of aryl methyl sites for hydroxylation is 2. The van der Waals surface area contributed by atoms with Gasteiger partial charge in [-0.3, -0.25) is 4.68 Å². The largest absolute Gasteiger partial charge is 0.391 e. The van der Waals surface area contributed by atoms with Crippen LogP contribution >= 0.6 is 0 Å². The normalized spacial score (nSPS) is 13.2. The molecule has 0 aliphatic heterocycles. The van der Waals surface area contributed by atoms with E-state index < -0.39 is 18.6 Å². The average molecular weight is 297 g/mol. The summed E-state index contributed by atoms with van der Waals surface area (Å²) in [6, 6.07) is 7.85. The molecule has 1 aromatic heterocycles. The second-order valence-corrected chi connectivity index (χ2v) is 4.94. The van der Waals surface area contributed by atoms with E-state index in [9.17, 15) is 13.2 Å². The van der Waals surface area contributed by atoms with Crippen LogP contribution in [-0.4, -0.2) is 16.0 Å². The van der Waals surface area contributed by atoms with Gasteiger partial charge in [0.25, 0.3) is 0 Å². The van der Waals surface area contributed by atoms with Crippen LogP contribution in [0.4, 0.5) is 18.9 Å². The van der Waals surface area contributed by atoms with Crippen molar-refractivity contribution in [1.29, 1.82) is 0 Å². The average Bonchev–Trinajstić information content (AvgIpc) is 2.77. The molecule has 0 amide bonds. The topological polar surface area (TPSA) is 29.9 Å². The summed E-state index contributed by atoms with van der Waals surface area (Å²) in [7, 11) is 1.76. The molecule has 0 saturated carbocycles. The molecule has 0 spiro atoms. The van der Waals surface area contributed by atoms with Crippen molar-refractivity contribution in [1.82, 2.24) is 9.78 Å². The van der Waals surface area contributed by atoms with Gasteiger partial charge in [0.15, 0.2) is 0 Å². The zero-order valence-electron chi connectivity index (χ0n) is 12.0. The zero-order chi connectivity index (χ0) is 15.5. The van der Waals surface area contributed by atoms with E-state index in [0.29, 0.717) is 17.7 Å². The second kappa shape index (κ2) is 6.20. The Balaban J connectivity index is 2.27. The molecule has 21 heavy (non-hydrogen) atoms. The Morgan fingerprint density at radius 1 is 1.24 bits per heavy atom. The lowest BCUT2D eigenvalue weighted by Gasteiger charge is -2.21. The minimum absolute atomic E-state index is 0.612. The molecule has 6 heteroatoms. The molecule has 1 N–H and O–H groups in total. The van der Waals surface area contributed by atoms with Gasteiger partial charge in [0.2, 0.25) is 0 Å². The molecule has 2 rings (SSSR count). The van der Waals surface area contributed by atoms with E-state index in [-0.39, 0.29) is 0 Å². The monoisotopic (exact) mass is 297 g/mol. The van der Waals surface area contributed by atoms with Crippen LogP contribution < -0.4 is 5.32 Å². The highest BCUT2D eigenvalue weighted by molar-refractivity contribution is 5.48. The van der Waals surface area contributed by atoms with Crippen LogP contribution in [0.2, 0.25) is 0 Å². The molecular weight excluding hydrogens is 279 g/mol. The van der Waals surface area contributed by atoms with Crippen molar-refractivity contribution < 1.29 is 13.2 Å². The lowest BCUT2D eigenvalue weighted by Crippen LogP contribution is -2.20. The van der Waals surface area contributed by atoms with E-state index >= 15 is 0 Å². The van der Waals surface area contributed by atoms with Crippen molar-refractivity contribution >= 4 is 5.69 Å². The molecule has 1 atom stereocenters. The van der Waals surface area contributed by atoms with Gasteiger partial charge in [0, 0.05) is 13.2 Å². The van der Waals surface area contributed by atoms with Crippen molar-refractivity contribution in [2.45, 2.75) is 32.0 Å². The van der Waals surface area contributed by atoms with Crippen LogP contribution in [0, 0.1) is 0 Å². The molecule has 1 unspecified atom stereocenters. The summed E-state index contributed by atoms with van der Waals surface area (Å²) in [4.78, 5) is 0. The minimum Gasteiger partial charge on any atom is -0.375 e. The Bertz CT molecular complexity index is 576. The maximum Gasteiger partial charge on any atom is 0.391 e. The minimum atomic E-state index is -4.23. The van der Waals surface area contributed by atoms with Gasteiger partial charge in [0.05, 0.1) is 23.8 Å². The Kier molecular flexibility index (Phi) is 4.55. The van der Waals surface area contributed by atoms with Gasteiger partial charge >= 0.3 is 6.18 Å². The van der Waals surface area contributed by atoms with E-state index in [1.165, 1.54) is 0 Å². The van der Waals surface area contributed by atoms with Crippen molar-refractivity contribution in [3.05, 3.63) is 47.8 Å². The molecule has 1 aromatic carbocycles. The fourth-order valence-electron chi connectivity index (χ4n) is 2.27. The van der Waals surface area contributed by atoms with Crippen LogP contribution in [0.1, 0.15) is 30.6 Å². The van der Waals surface area contributed by atoms with Crippen LogP contribution in [0.5, 0.6) is 0 Å². The highest BCUT2D eigenvalue weighted by Gasteiger charge is 2.33. The summed E-state index contributed by atoms with van der Waals surface area (Å²) in [5.41, 5.74) is 2.03. The van der Waals surface area contributed by atoms with E-state index in [1.807, 2.05) is 6.92 Å². The molecule has 2 aromatic rings. The number of nitrogens with zero attached hydrogens (tertiary/aromatic N) is 2. The molecule has 0 aliphatic carbocycles. The standard InChI is InChI=1S/C15H18F3N3/c1-3-12-14(10-21(2)20-12)19-13(9-15(16,17)18)11-7-5-4-6-8-11/h4-8,10,13,19H,3,9H2,1-2H3. The van der Waals surface area contributed by atoms with Crippen molar-refractivity contribution in [2.75, 3.05) is 5.32 Å². The fourth-order valence-corrected chi connectivity index (χ4v) is 2.27. The first kappa shape index (κ1) is 15.4. The maximum atomic E-state index is 12.8. The van der Waals surface area contributed by atoms with E-state index in [4.69, 9.17) is 0 Å². The third-order valence-electron chi connectivity index (χ3n) is 3.21. The van der Waals surface area contributed by atoms with E-state index in [0.717, 1.165) is 5.69 Å². The van der Waals surface area contributed by atoms with Crippen LogP contribution in [0.25, 0.3) is 0 Å². The number of rotatable bonds is 5. The first-order valence-electron chi connectivity index (χ1n) is 6.80. The summed E-state index contributed by atoms with van der Waals surface area (Å²) >= 11 is 0. The van der Waals surface area contributed by atoms with Crippen LogP contribution in [-0.2, 0) is 13.5 Å². The lowest BCUT2D eigenvalue weighted by molar-refractivity contribution is -0.137. The number of hydrogen-bond donors (Lipinski definition) is 1. The van der Waals surface area contributed by atoms with Gasteiger partial charge in [-0.2, -0.15) is 18.3 Å². The third kappa shape index (κ3) is 4.24. The first-order valence-corrected chi connectivity index (χ1v) is 6.80. The highest BCUT2D eigenvalue weighted by Crippen LogP contribution is 2.32. The number of alkyl halides is 3. The van der Waals surface area contributed by atoms with E-state index in [1.54, 1.807) is 48.3 Å². The summed E-state index contributed by atoms with van der Waals surface area (Å²) in [6.45, 7) is 1.93. The molecule has 0 aliphatic rings. The van der Waals surface area contributed by atoms with Gasteiger partial charge in [-0.05, 0) is 12.0 Å². The Labute approximate surface area is 121 Å². The molecule has 0 bridgehead atoms. The van der Waals surface area contributed by atoms with Gasteiger partial charge in [-0.1, -0.05) is 37.3 Å². The Morgan fingerprint density at radius 3 is 2.48 bits per heavy atom. The Hall–Kier alpha value is -1.98. The maximum absolute atomic E-state index is 12.8. The SMILES string of the molecule is CCc1nn(C)cc1NC(CC(F)(F)F)c1ccccc1. The molecule has 0 fully saturated rings. The molecule has 1 heterocycles. The predicted molar refractivity (Wildman–Crippen MR) is 76.1 cm³/mol. The fraction of sp³-hybridized carbons (Fsp3) is 0.400. The predicted octanol–water partition coefficient (Wildman–Crippen LogP) is 4.09. The molecule has 0 radical (unpaired) electrons. The van der Waals surface area contributed by atoms with Gasteiger partial charge in [-0.15, -0.1) is 0 Å². The molecule has 0 saturated heterocycles. The number of anilines is 1. The van der Waals surface area contributed by atoms with Crippen molar-refractivity contribution in [3.8, 4) is 0 Å². The van der Waals surface area contributed by atoms with Crippen LogP contribution in [0.3, 0.4) is 0 Å². The van der Waals surface area contributed by atoms with Crippen molar-refractivity contribution in [2.24, 2.45) is 7.05 Å². The van der Waals surface area contributed by atoms with Gasteiger partial charge < -0.3 is 5.32 Å². The Morgan fingerprint density at radius 2 is 1.90 bits per heavy atom. The molecule has 114 valence electrons. The quantitative estimate of drug-likeness (QED) is 0.901. The van der Waals surface area contributed by atoms with Gasteiger partial charge in [-0.25, -0.2) is 0 Å². The second-order valence-electron chi connectivity index (χ2n) is 4.94. The number of hydrogen-bond acceptors (Lipinski definition) is 2. The smallest absolute Gasteiger partial charge is 0.375 e. The summed E-state index contributed by atoms with van der Waals surface area (Å²) < 4.78 is 40.1. The van der Waals surface area contributed by atoms with Crippen LogP contribution in [0.15, 0.2) is 36.5 Å². The van der Waals surface area contributed by atoms with E-state index in [2.05, 4.69) is 10.4 Å². The summed E-state index contributed by atoms with van der Waals surface area (Å²) in [6.07, 6.45) is -2.78. The number of aromatic nitrogens is 2.